The first-order chi connectivity index (χ1) is 13.3. The van der Waals surface area contributed by atoms with E-state index in [1.54, 1.807) is 0 Å². The SMILES string of the molecule is CCC(C)(Pc1ccccc1CNC(C)(C)C)c1cc(C)cc(C(C)(C)C)c1O. The summed E-state index contributed by atoms with van der Waals surface area (Å²) in [6, 6.07) is 13.1. The van der Waals surface area contributed by atoms with Crippen LogP contribution in [-0.4, -0.2) is 10.6 Å². The fourth-order valence-corrected chi connectivity index (χ4v) is 5.18. The number of rotatable bonds is 6. The van der Waals surface area contributed by atoms with Crippen molar-refractivity contribution in [2.45, 2.75) is 91.4 Å². The third-order valence-electron chi connectivity index (χ3n) is 5.60. The summed E-state index contributed by atoms with van der Waals surface area (Å²) in [6.45, 7) is 20.7. The van der Waals surface area contributed by atoms with Crippen molar-refractivity contribution in [2.24, 2.45) is 0 Å². The summed E-state index contributed by atoms with van der Waals surface area (Å²) in [5.41, 5.74) is 4.69. The molecule has 0 saturated heterocycles. The quantitative estimate of drug-likeness (QED) is 0.529. The Morgan fingerprint density at radius 1 is 0.931 bits per heavy atom. The first-order valence-corrected chi connectivity index (χ1v) is 11.7. The topological polar surface area (TPSA) is 32.3 Å². The second-order valence-corrected chi connectivity index (χ2v) is 12.4. The largest absolute Gasteiger partial charge is 0.507 e. The molecule has 2 nitrogen and oxygen atoms in total. The van der Waals surface area contributed by atoms with E-state index in [-0.39, 0.29) is 16.1 Å². The minimum Gasteiger partial charge on any atom is -0.507 e. The van der Waals surface area contributed by atoms with Crippen molar-refractivity contribution in [2.75, 3.05) is 0 Å². The van der Waals surface area contributed by atoms with Crippen molar-refractivity contribution in [3.05, 3.63) is 58.7 Å². The van der Waals surface area contributed by atoms with Gasteiger partial charge in [0.05, 0.1) is 0 Å². The molecule has 0 aromatic heterocycles. The van der Waals surface area contributed by atoms with Crippen LogP contribution in [0.1, 0.15) is 84.1 Å². The molecule has 0 heterocycles. The Morgan fingerprint density at radius 2 is 1.52 bits per heavy atom. The molecule has 0 amide bonds. The molecule has 2 N–H and O–H groups in total. The first kappa shape index (κ1) is 23.9. The minimum atomic E-state index is -0.103. The van der Waals surface area contributed by atoms with Crippen molar-refractivity contribution in [3.63, 3.8) is 0 Å². The Labute approximate surface area is 180 Å². The smallest absolute Gasteiger partial charge is 0.123 e. The van der Waals surface area contributed by atoms with Crippen LogP contribution in [0.5, 0.6) is 5.75 Å². The van der Waals surface area contributed by atoms with Gasteiger partial charge < -0.3 is 10.4 Å². The average Bonchev–Trinajstić information content (AvgIpc) is 2.61. The molecule has 3 heteroatoms. The molecule has 0 fully saturated rings. The van der Waals surface area contributed by atoms with Crippen LogP contribution in [-0.2, 0) is 17.1 Å². The molecule has 0 saturated carbocycles. The molecular weight excluding hydrogens is 373 g/mol. The van der Waals surface area contributed by atoms with Crippen LogP contribution in [0.2, 0.25) is 0 Å². The summed E-state index contributed by atoms with van der Waals surface area (Å²) < 4.78 is 0. The van der Waals surface area contributed by atoms with E-state index >= 15 is 0 Å². The molecule has 2 aromatic rings. The van der Waals surface area contributed by atoms with Gasteiger partial charge in [-0.25, -0.2) is 0 Å². The summed E-state index contributed by atoms with van der Waals surface area (Å²) in [5.74, 6) is 0.477. The monoisotopic (exact) mass is 413 g/mol. The van der Waals surface area contributed by atoms with Crippen LogP contribution in [0.4, 0.5) is 0 Å². The van der Waals surface area contributed by atoms with E-state index in [1.807, 2.05) is 0 Å². The van der Waals surface area contributed by atoms with E-state index in [0.717, 1.165) is 24.1 Å². The standard InChI is InChI=1S/C26H40NOP/c1-10-26(9,21-16-18(2)15-20(23(21)28)24(3,4)5)29-22-14-12-11-13-19(22)17-27-25(6,7)8/h11-16,27-29H,10,17H2,1-9H3. The van der Waals surface area contributed by atoms with Gasteiger partial charge in [0.25, 0.3) is 0 Å². The second kappa shape index (κ2) is 8.78. The van der Waals surface area contributed by atoms with Crippen molar-refractivity contribution >= 4 is 13.9 Å². The summed E-state index contributed by atoms with van der Waals surface area (Å²) in [4.78, 5) is 0. The van der Waals surface area contributed by atoms with Crippen LogP contribution in [0.15, 0.2) is 36.4 Å². The molecule has 29 heavy (non-hydrogen) atoms. The summed E-state index contributed by atoms with van der Waals surface area (Å²) in [7, 11) is 0.591. The van der Waals surface area contributed by atoms with Crippen molar-refractivity contribution < 1.29 is 5.11 Å². The number of hydrogen-bond acceptors (Lipinski definition) is 2. The van der Waals surface area contributed by atoms with Crippen LogP contribution >= 0.6 is 8.58 Å². The Bertz CT molecular complexity index is 845. The number of aryl methyl sites for hydroxylation is 1. The second-order valence-electron chi connectivity index (χ2n) is 10.5. The Kier molecular flexibility index (Phi) is 7.24. The van der Waals surface area contributed by atoms with Gasteiger partial charge in [-0.15, -0.1) is 0 Å². The van der Waals surface area contributed by atoms with Gasteiger partial charge in [-0.1, -0.05) is 85.2 Å². The number of benzene rings is 2. The van der Waals surface area contributed by atoms with E-state index in [1.165, 1.54) is 16.4 Å². The first-order valence-electron chi connectivity index (χ1n) is 10.7. The van der Waals surface area contributed by atoms with E-state index in [0.29, 0.717) is 14.3 Å². The van der Waals surface area contributed by atoms with Crippen LogP contribution in [0.3, 0.4) is 0 Å². The molecule has 0 bridgehead atoms. The lowest BCUT2D eigenvalue weighted by Crippen LogP contribution is -2.36. The number of hydrogen-bond donors (Lipinski definition) is 2. The highest BCUT2D eigenvalue weighted by molar-refractivity contribution is 7.48. The number of phenolic OH excluding ortho intramolecular Hbond substituents is 1. The van der Waals surface area contributed by atoms with Crippen molar-refractivity contribution in [1.29, 1.82) is 0 Å². The average molecular weight is 414 g/mol. The van der Waals surface area contributed by atoms with E-state index < -0.39 is 0 Å². The summed E-state index contributed by atoms with van der Waals surface area (Å²) in [5, 5.41) is 16.2. The highest BCUT2D eigenvalue weighted by Gasteiger charge is 2.32. The summed E-state index contributed by atoms with van der Waals surface area (Å²) in [6.07, 6.45) is 0.979. The van der Waals surface area contributed by atoms with Gasteiger partial charge >= 0.3 is 0 Å². The van der Waals surface area contributed by atoms with E-state index in [9.17, 15) is 5.11 Å². The van der Waals surface area contributed by atoms with E-state index in [2.05, 4.69) is 104 Å². The maximum atomic E-state index is 11.3. The van der Waals surface area contributed by atoms with Crippen molar-refractivity contribution in [1.82, 2.24) is 5.32 Å². The maximum absolute atomic E-state index is 11.3. The predicted octanol–water partition coefficient (Wildman–Crippen LogP) is 6.52. The molecule has 2 aromatic carbocycles. The zero-order valence-corrected chi connectivity index (χ0v) is 20.8. The predicted molar refractivity (Wildman–Crippen MR) is 130 cm³/mol. The molecule has 2 unspecified atom stereocenters. The Morgan fingerprint density at radius 3 is 2.07 bits per heavy atom. The molecule has 0 aliphatic rings. The minimum absolute atomic E-state index is 0.0840. The zero-order valence-electron chi connectivity index (χ0n) is 19.8. The molecule has 0 aliphatic carbocycles. The van der Waals surface area contributed by atoms with Gasteiger partial charge in [0.2, 0.25) is 0 Å². The lowest BCUT2D eigenvalue weighted by Gasteiger charge is -2.34. The van der Waals surface area contributed by atoms with Crippen LogP contribution in [0, 0.1) is 6.92 Å². The molecule has 0 radical (unpaired) electrons. The molecular formula is C26H40NOP. The van der Waals surface area contributed by atoms with Gasteiger partial charge in [0.15, 0.2) is 0 Å². The number of phenols is 1. The molecule has 2 atom stereocenters. The van der Waals surface area contributed by atoms with Gasteiger partial charge in [0, 0.05) is 22.8 Å². The van der Waals surface area contributed by atoms with Gasteiger partial charge in [-0.3, -0.25) is 0 Å². The van der Waals surface area contributed by atoms with Gasteiger partial charge in [-0.2, -0.15) is 0 Å². The Hall–Kier alpha value is -1.37. The third-order valence-corrected chi connectivity index (χ3v) is 7.53. The number of aromatic hydroxyl groups is 1. The van der Waals surface area contributed by atoms with Crippen LogP contribution < -0.4 is 10.6 Å². The molecule has 0 spiro atoms. The fraction of sp³-hybridized carbons (Fsp3) is 0.538. The van der Waals surface area contributed by atoms with Gasteiger partial charge in [0.1, 0.15) is 5.75 Å². The van der Waals surface area contributed by atoms with Gasteiger partial charge in [-0.05, 0) is 56.0 Å². The lowest BCUT2D eigenvalue weighted by atomic mass is 9.82. The maximum Gasteiger partial charge on any atom is 0.123 e. The summed E-state index contributed by atoms with van der Waals surface area (Å²) >= 11 is 0. The highest BCUT2D eigenvalue weighted by Crippen LogP contribution is 2.50. The molecule has 160 valence electrons. The van der Waals surface area contributed by atoms with Crippen LogP contribution in [0.25, 0.3) is 0 Å². The fourth-order valence-electron chi connectivity index (χ4n) is 3.57. The molecule has 2 rings (SSSR count). The third kappa shape index (κ3) is 6.06. The lowest BCUT2D eigenvalue weighted by molar-refractivity contribution is 0.425. The van der Waals surface area contributed by atoms with E-state index in [4.69, 9.17) is 0 Å². The zero-order chi connectivity index (χ0) is 22.0. The highest BCUT2D eigenvalue weighted by atomic mass is 31.1. The Balaban J connectivity index is 2.48. The van der Waals surface area contributed by atoms with Crippen molar-refractivity contribution in [3.8, 4) is 5.75 Å². The normalized spacial score (nSPS) is 15.1. The molecule has 0 aliphatic heterocycles. The number of nitrogens with one attached hydrogen (secondary N) is 1.